The van der Waals surface area contributed by atoms with Gasteiger partial charge in [-0.25, -0.2) is 8.42 Å². The fourth-order valence-corrected chi connectivity index (χ4v) is 7.74. The molecular formula is C22H24N2O4S2. The number of aryl methyl sites for hydroxylation is 2. The van der Waals surface area contributed by atoms with Crippen LogP contribution in [0, 0.1) is 13.8 Å². The number of sulfone groups is 1. The fraction of sp³-hybridized carbons (Fsp3) is 0.364. The number of amides is 1. The number of benzene rings is 2. The molecule has 0 saturated carbocycles. The van der Waals surface area contributed by atoms with Crippen molar-refractivity contribution in [1.29, 1.82) is 0 Å². The van der Waals surface area contributed by atoms with Crippen molar-refractivity contribution in [3.8, 4) is 5.75 Å². The second-order valence-corrected chi connectivity index (χ2v) is 11.1. The number of fused-ring (bicyclic) bond motifs is 1. The topological polar surface area (TPSA) is 76.0 Å². The smallest absolute Gasteiger partial charge is 0.252 e. The third kappa shape index (κ3) is 4.25. The summed E-state index contributed by atoms with van der Waals surface area (Å²) in [6.07, 6.45) is 0.183. The van der Waals surface area contributed by atoms with Gasteiger partial charge in [0.05, 0.1) is 31.1 Å². The Morgan fingerprint density at radius 2 is 1.87 bits per heavy atom. The first-order valence-corrected chi connectivity index (χ1v) is 12.4. The summed E-state index contributed by atoms with van der Waals surface area (Å²) in [4.78, 5) is 19.0. The van der Waals surface area contributed by atoms with Crippen molar-refractivity contribution in [2.75, 3.05) is 23.5 Å². The SMILES string of the molecule is COc1ccc(CC(=O)N=C2S[C@@H]3CS(=O)(=O)C[C@H]3N2c2ccc(C)c(C)c2)cc1. The van der Waals surface area contributed by atoms with E-state index in [-0.39, 0.29) is 35.1 Å². The second-order valence-electron chi connectivity index (χ2n) is 7.75. The predicted molar refractivity (Wildman–Crippen MR) is 121 cm³/mol. The number of nitrogens with zero attached hydrogens (tertiary/aromatic N) is 2. The Balaban J connectivity index is 1.62. The lowest BCUT2D eigenvalue weighted by molar-refractivity contribution is -0.117. The van der Waals surface area contributed by atoms with Crippen molar-refractivity contribution < 1.29 is 17.9 Å². The Hall–Kier alpha value is -2.32. The molecule has 6 nitrogen and oxygen atoms in total. The summed E-state index contributed by atoms with van der Waals surface area (Å²) in [5.41, 5.74) is 4.01. The van der Waals surface area contributed by atoms with Crippen LogP contribution < -0.4 is 9.64 Å². The number of hydrogen-bond acceptors (Lipinski definition) is 5. The summed E-state index contributed by atoms with van der Waals surface area (Å²) in [6, 6.07) is 13.2. The van der Waals surface area contributed by atoms with E-state index in [1.165, 1.54) is 11.8 Å². The average Bonchev–Trinajstić information content (AvgIpc) is 3.15. The quantitative estimate of drug-likeness (QED) is 0.721. The van der Waals surface area contributed by atoms with E-state index in [0.717, 1.165) is 28.1 Å². The highest BCUT2D eigenvalue weighted by Gasteiger charge is 2.49. The lowest BCUT2D eigenvalue weighted by atomic mass is 10.1. The van der Waals surface area contributed by atoms with Crippen LogP contribution in [0.5, 0.6) is 5.75 Å². The first-order valence-electron chi connectivity index (χ1n) is 9.74. The van der Waals surface area contributed by atoms with Crippen LogP contribution >= 0.6 is 11.8 Å². The largest absolute Gasteiger partial charge is 0.497 e. The predicted octanol–water partition coefficient (Wildman–Crippen LogP) is 3.16. The molecule has 2 saturated heterocycles. The lowest BCUT2D eigenvalue weighted by Gasteiger charge is -2.25. The molecule has 2 aromatic rings. The Morgan fingerprint density at radius 3 is 2.53 bits per heavy atom. The summed E-state index contributed by atoms with van der Waals surface area (Å²) in [7, 11) is -1.49. The van der Waals surface area contributed by atoms with Gasteiger partial charge in [-0.3, -0.25) is 4.79 Å². The van der Waals surface area contributed by atoms with E-state index < -0.39 is 9.84 Å². The van der Waals surface area contributed by atoms with Crippen molar-refractivity contribution >= 4 is 38.4 Å². The van der Waals surface area contributed by atoms with E-state index in [2.05, 4.69) is 4.99 Å². The third-order valence-electron chi connectivity index (χ3n) is 5.57. The van der Waals surface area contributed by atoms with E-state index in [9.17, 15) is 13.2 Å². The van der Waals surface area contributed by atoms with Crippen LogP contribution in [-0.2, 0) is 21.1 Å². The minimum Gasteiger partial charge on any atom is -0.497 e. The van der Waals surface area contributed by atoms with E-state index in [4.69, 9.17) is 4.74 Å². The first kappa shape index (κ1) is 20.9. The molecule has 30 heavy (non-hydrogen) atoms. The molecule has 1 amide bonds. The normalized spacial score (nSPS) is 23.6. The van der Waals surface area contributed by atoms with Gasteiger partial charge in [0.25, 0.3) is 5.91 Å². The van der Waals surface area contributed by atoms with Gasteiger partial charge in [0.1, 0.15) is 5.75 Å². The number of amidine groups is 1. The van der Waals surface area contributed by atoms with Crippen molar-refractivity contribution in [3.05, 3.63) is 59.2 Å². The van der Waals surface area contributed by atoms with Gasteiger partial charge in [-0.1, -0.05) is 30.0 Å². The fourth-order valence-electron chi connectivity index (χ4n) is 3.81. The highest BCUT2D eigenvalue weighted by atomic mass is 32.2. The van der Waals surface area contributed by atoms with Crippen LogP contribution in [0.25, 0.3) is 0 Å². The molecule has 8 heteroatoms. The molecule has 0 bridgehead atoms. The van der Waals surface area contributed by atoms with Crippen LogP contribution in [-0.4, -0.2) is 49.4 Å². The van der Waals surface area contributed by atoms with Gasteiger partial charge < -0.3 is 9.64 Å². The van der Waals surface area contributed by atoms with Crippen molar-refractivity contribution in [2.45, 2.75) is 31.6 Å². The highest BCUT2D eigenvalue weighted by Crippen LogP contribution is 2.41. The maximum Gasteiger partial charge on any atom is 0.252 e. The van der Waals surface area contributed by atoms with Crippen LogP contribution in [0.1, 0.15) is 16.7 Å². The number of anilines is 1. The minimum absolute atomic E-state index is 0.0866. The maximum absolute atomic E-state index is 12.7. The molecule has 158 valence electrons. The number of carbonyl (C=O) groups excluding carboxylic acids is 1. The average molecular weight is 445 g/mol. The molecule has 2 aliphatic heterocycles. The molecular weight excluding hydrogens is 420 g/mol. The third-order valence-corrected chi connectivity index (χ3v) is 8.78. The number of methoxy groups -OCH3 is 1. The molecule has 2 heterocycles. The van der Waals surface area contributed by atoms with Gasteiger partial charge in [0.2, 0.25) is 0 Å². The molecule has 0 spiro atoms. The zero-order valence-corrected chi connectivity index (χ0v) is 18.8. The molecule has 4 rings (SSSR count). The van der Waals surface area contributed by atoms with Gasteiger partial charge >= 0.3 is 0 Å². The maximum atomic E-state index is 12.7. The molecule has 0 aromatic heterocycles. The molecule has 0 aliphatic carbocycles. The van der Waals surface area contributed by atoms with Crippen molar-refractivity contribution in [2.24, 2.45) is 4.99 Å². The molecule has 0 unspecified atom stereocenters. The summed E-state index contributed by atoms with van der Waals surface area (Å²) in [6.45, 7) is 4.06. The standard InChI is InChI=1S/C22H24N2O4S2/c1-14-4-7-17(10-15(14)2)24-19-12-30(26,27)13-20(19)29-22(24)23-21(25)11-16-5-8-18(28-3)9-6-16/h4-10,19-20H,11-13H2,1-3H3/t19-,20-/m1/s1. The zero-order chi connectivity index (χ0) is 21.5. The number of carbonyl (C=O) groups is 1. The number of thioether (sulfide) groups is 1. The monoisotopic (exact) mass is 444 g/mol. The van der Waals surface area contributed by atoms with E-state index >= 15 is 0 Å². The Kier molecular flexibility index (Phi) is 5.63. The molecule has 0 N–H and O–H groups in total. The molecule has 0 radical (unpaired) electrons. The summed E-state index contributed by atoms with van der Waals surface area (Å²) >= 11 is 1.40. The Morgan fingerprint density at radius 1 is 1.13 bits per heavy atom. The van der Waals surface area contributed by atoms with Crippen molar-refractivity contribution in [1.82, 2.24) is 0 Å². The molecule has 2 aromatic carbocycles. The molecule has 2 fully saturated rings. The molecule has 2 atom stereocenters. The lowest BCUT2D eigenvalue weighted by Crippen LogP contribution is -2.37. The zero-order valence-electron chi connectivity index (χ0n) is 17.2. The van der Waals surface area contributed by atoms with E-state index in [1.54, 1.807) is 7.11 Å². The van der Waals surface area contributed by atoms with Crippen LogP contribution in [0.4, 0.5) is 5.69 Å². The van der Waals surface area contributed by atoms with Crippen LogP contribution in [0.15, 0.2) is 47.5 Å². The second kappa shape index (κ2) is 8.07. The van der Waals surface area contributed by atoms with Crippen LogP contribution in [0.2, 0.25) is 0 Å². The van der Waals surface area contributed by atoms with Gasteiger partial charge in [-0.05, 0) is 54.8 Å². The van der Waals surface area contributed by atoms with Gasteiger partial charge in [0.15, 0.2) is 15.0 Å². The van der Waals surface area contributed by atoms with Gasteiger partial charge in [0, 0.05) is 10.9 Å². The van der Waals surface area contributed by atoms with Crippen LogP contribution in [0.3, 0.4) is 0 Å². The van der Waals surface area contributed by atoms with Crippen molar-refractivity contribution in [3.63, 3.8) is 0 Å². The number of ether oxygens (including phenoxy) is 1. The van der Waals surface area contributed by atoms with Gasteiger partial charge in [-0.2, -0.15) is 4.99 Å². The molecule has 2 aliphatic rings. The Labute approximate surface area is 181 Å². The van der Waals surface area contributed by atoms with E-state index in [0.29, 0.717) is 5.17 Å². The summed E-state index contributed by atoms with van der Waals surface area (Å²) in [5.74, 6) is 0.691. The Bertz CT molecular complexity index is 1110. The number of rotatable bonds is 4. The van der Waals surface area contributed by atoms with E-state index in [1.807, 2.05) is 61.2 Å². The summed E-state index contributed by atoms with van der Waals surface area (Å²) < 4.78 is 29.6. The number of aliphatic imine (C=N–C) groups is 1. The highest BCUT2D eigenvalue weighted by molar-refractivity contribution is 8.16. The van der Waals surface area contributed by atoms with Gasteiger partial charge in [-0.15, -0.1) is 0 Å². The summed E-state index contributed by atoms with van der Waals surface area (Å²) in [5, 5.41) is 0.478. The first-order chi connectivity index (χ1) is 14.3. The number of hydrogen-bond donors (Lipinski definition) is 0. The minimum atomic E-state index is -3.09.